The summed E-state index contributed by atoms with van der Waals surface area (Å²) >= 11 is 0. The van der Waals surface area contributed by atoms with Gasteiger partial charge in [0.05, 0.1) is 13.7 Å². The first kappa shape index (κ1) is 7.09. The van der Waals surface area contributed by atoms with E-state index in [1.807, 2.05) is 24.3 Å². The monoisotopic (exact) mass is 139 g/mol. The number of rotatable bonds is 2. The maximum absolute atomic E-state index is 8.66. The number of benzene rings is 1. The van der Waals surface area contributed by atoms with E-state index in [0.29, 0.717) is 0 Å². The second-order valence-corrected chi connectivity index (χ2v) is 2.01. The molecule has 10 heavy (non-hydrogen) atoms. The highest BCUT2D eigenvalue weighted by Crippen LogP contribution is 2.10. The summed E-state index contributed by atoms with van der Waals surface area (Å²) in [6, 6.07) is 7.31. The Kier molecular flexibility index (Phi) is 2.29. The van der Waals surface area contributed by atoms with E-state index < -0.39 is 0 Å². The Morgan fingerprint density at radius 1 is 1.30 bits per heavy atom. The molecule has 1 aromatic rings. The lowest BCUT2D eigenvalue weighted by atomic mass is 10.3. The molecule has 0 radical (unpaired) electrons. The van der Waals surface area contributed by atoms with Gasteiger partial charge >= 0.3 is 0 Å². The highest BCUT2D eigenvalue weighted by molar-refractivity contribution is 5.26. The van der Waals surface area contributed by atoms with Crippen molar-refractivity contribution in [2.75, 3.05) is 7.11 Å². The first-order chi connectivity index (χ1) is 4.86. The Bertz CT molecular complexity index is 168. The summed E-state index contributed by atoms with van der Waals surface area (Å²) in [4.78, 5) is 0. The minimum Gasteiger partial charge on any atom is -0.497 e. The molecule has 0 atom stereocenters. The van der Waals surface area contributed by atoms with Crippen molar-refractivity contribution in [1.29, 1.82) is 0 Å². The van der Waals surface area contributed by atoms with Crippen LogP contribution in [0.1, 0.15) is 5.56 Å². The molecular weight excluding hydrogens is 129 g/mol. The van der Waals surface area contributed by atoms with Crippen LogP contribution in [0.2, 0.25) is 0 Å². The first-order valence-corrected chi connectivity index (χ1v) is 3.10. The van der Waals surface area contributed by atoms with Gasteiger partial charge in [0, 0.05) is 0 Å². The third kappa shape index (κ3) is 1.48. The molecule has 1 aromatic carbocycles. The average molecular weight is 139 g/mol. The van der Waals surface area contributed by atoms with Gasteiger partial charge in [-0.3, -0.25) is 0 Å². The maximum atomic E-state index is 8.66. The van der Waals surface area contributed by atoms with Crippen molar-refractivity contribution in [1.82, 2.24) is 0 Å². The van der Waals surface area contributed by atoms with E-state index in [1.165, 1.54) is 0 Å². The minimum atomic E-state index is 0.0873. The number of methoxy groups -OCH3 is 1. The Morgan fingerprint density at radius 3 is 2.30 bits per heavy atom. The van der Waals surface area contributed by atoms with Crippen LogP contribution in [-0.4, -0.2) is 12.2 Å². The van der Waals surface area contributed by atoms with Crippen LogP contribution >= 0.6 is 0 Å². The molecule has 0 bridgehead atoms. The van der Waals surface area contributed by atoms with Gasteiger partial charge in [-0.1, -0.05) is 12.1 Å². The predicted octanol–water partition coefficient (Wildman–Crippen LogP) is 1.19. The summed E-state index contributed by atoms with van der Waals surface area (Å²) < 4.78 is 4.93. The zero-order valence-corrected chi connectivity index (χ0v) is 5.87. The topological polar surface area (TPSA) is 29.5 Å². The highest BCUT2D eigenvalue weighted by Gasteiger charge is 1.89. The second kappa shape index (κ2) is 3.22. The van der Waals surface area contributed by atoms with Crippen LogP contribution in [0.15, 0.2) is 24.3 Å². The van der Waals surface area contributed by atoms with Gasteiger partial charge in [-0.15, -0.1) is 0 Å². The summed E-state index contributed by atoms with van der Waals surface area (Å²) in [7, 11) is 1.62. The molecule has 0 aromatic heterocycles. The fourth-order valence-corrected chi connectivity index (χ4v) is 0.731. The lowest BCUT2D eigenvalue weighted by Crippen LogP contribution is -1.84. The molecule has 1 N–H and O–H groups in total. The molecule has 0 aliphatic rings. The number of hydrogen-bond acceptors (Lipinski definition) is 2. The van der Waals surface area contributed by atoms with E-state index in [4.69, 9.17) is 9.84 Å². The highest BCUT2D eigenvalue weighted by atomic mass is 16.5. The first-order valence-electron chi connectivity index (χ1n) is 3.10. The van der Waals surface area contributed by atoms with Gasteiger partial charge in [0.15, 0.2) is 0 Å². The SMILES string of the molecule is COc1ccc([13CH2]O)cc1. The molecule has 0 aliphatic carbocycles. The van der Waals surface area contributed by atoms with E-state index in [9.17, 15) is 0 Å². The van der Waals surface area contributed by atoms with Gasteiger partial charge in [-0.25, -0.2) is 0 Å². The molecule has 54 valence electrons. The lowest BCUT2D eigenvalue weighted by Gasteiger charge is -1.98. The number of ether oxygens (including phenoxy) is 1. The van der Waals surface area contributed by atoms with Crippen LogP contribution in [-0.2, 0) is 6.61 Å². The molecule has 0 fully saturated rings. The zero-order valence-electron chi connectivity index (χ0n) is 5.87. The molecule has 0 heterocycles. The molecule has 0 spiro atoms. The van der Waals surface area contributed by atoms with Crippen molar-refractivity contribution in [3.63, 3.8) is 0 Å². The van der Waals surface area contributed by atoms with Gasteiger partial charge in [0.25, 0.3) is 0 Å². The minimum absolute atomic E-state index is 0.0873. The maximum Gasteiger partial charge on any atom is 0.118 e. The molecule has 0 saturated carbocycles. The third-order valence-electron chi connectivity index (χ3n) is 1.34. The number of hydrogen-bond donors (Lipinski definition) is 1. The van der Waals surface area contributed by atoms with Crippen LogP contribution in [0, 0.1) is 0 Å². The van der Waals surface area contributed by atoms with Crippen LogP contribution in [0.5, 0.6) is 5.75 Å². The van der Waals surface area contributed by atoms with E-state index in [1.54, 1.807) is 7.11 Å². The summed E-state index contributed by atoms with van der Waals surface area (Å²) in [5, 5.41) is 8.66. The fraction of sp³-hybridized carbons (Fsp3) is 0.250. The summed E-state index contributed by atoms with van der Waals surface area (Å²) in [5.74, 6) is 0.817. The third-order valence-corrected chi connectivity index (χ3v) is 1.34. The van der Waals surface area contributed by atoms with Crippen LogP contribution in [0.25, 0.3) is 0 Å². The molecule has 2 nitrogen and oxygen atoms in total. The van der Waals surface area contributed by atoms with Gasteiger partial charge < -0.3 is 9.84 Å². The Hall–Kier alpha value is -1.02. The summed E-state index contributed by atoms with van der Waals surface area (Å²) in [6.07, 6.45) is 0. The van der Waals surface area contributed by atoms with Crippen LogP contribution < -0.4 is 4.74 Å². The van der Waals surface area contributed by atoms with Crippen molar-refractivity contribution in [3.8, 4) is 5.75 Å². The van der Waals surface area contributed by atoms with Gasteiger partial charge in [-0.05, 0) is 17.7 Å². The molecule has 2 heteroatoms. The zero-order chi connectivity index (χ0) is 7.40. The van der Waals surface area contributed by atoms with Crippen LogP contribution in [0.4, 0.5) is 0 Å². The largest absolute Gasteiger partial charge is 0.497 e. The second-order valence-electron chi connectivity index (χ2n) is 2.01. The van der Waals surface area contributed by atoms with Gasteiger partial charge in [-0.2, -0.15) is 0 Å². The standard InChI is InChI=1S/C8H10O2/c1-10-8-4-2-7(6-9)3-5-8/h2-5,9H,6H2,1H3/i6+1. The van der Waals surface area contributed by atoms with Crippen molar-refractivity contribution in [2.45, 2.75) is 6.61 Å². The van der Waals surface area contributed by atoms with E-state index in [0.717, 1.165) is 11.3 Å². The Balaban J connectivity index is 2.80. The molecular formula is C8H10O2. The number of aliphatic hydroxyl groups is 1. The fourth-order valence-electron chi connectivity index (χ4n) is 0.731. The Labute approximate surface area is 60.1 Å². The molecule has 1 rings (SSSR count). The van der Waals surface area contributed by atoms with Crippen molar-refractivity contribution in [3.05, 3.63) is 29.8 Å². The average Bonchev–Trinajstić information content (AvgIpc) is 2.05. The molecule has 0 amide bonds. The quantitative estimate of drug-likeness (QED) is 0.623. The smallest absolute Gasteiger partial charge is 0.118 e. The van der Waals surface area contributed by atoms with Crippen LogP contribution in [0.3, 0.4) is 0 Å². The van der Waals surface area contributed by atoms with Crippen molar-refractivity contribution < 1.29 is 9.84 Å². The van der Waals surface area contributed by atoms with Gasteiger partial charge in [0.1, 0.15) is 5.75 Å². The van der Waals surface area contributed by atoms with E-state index >= 15 is 0 Å². The molecule has 0 saturated heterocycles. The number of aliphatic hydroxyl groups excluding tert-OH is 1. The summed E-state index contributed by atoms with van der Waals surface area (Å²) in [6.45, 7) is 0.0873. The molecule has 0 unspecified atom stereocenters. The normalized spacial score (nSPS) is 9.40. The van der Waals surface area contributed by atoms with Crippen molar-refractivity contribution in [2.24, 2.45) is 0 Å². The molecule has 0 aliphatic heterocycles. The lowest BCUT2D eigenvalue weighted by molar-refractivity contribution is 0.281. The van der Waals surface area contributed by atoms with Crippen molar-refractivity contribution >= 4 is 0 Å². The van der Waals surface area contributed by atoms with E-state index in [2.05, 4.69) is 0 Å². The van der Waals surface area contributed by atoms with E-state index in [-0.39, 0.29) is 6.61 Å². The predicted molar refractivity (Wildman–Crippen MR) is 38.9 cm³/mol. The Morgan fingerprint density at radius 2 is 1.90 bits per heavy atom. The summed E-state index contributed by atoms with van der Waals surface area (Å²) in [5.41, 5.74) is 0.904. The van der Waals surface area contributed by atoms with Gasteiger partial charge in [0.2, 0.25) is 0 Å².